The average Bonchev–Trinajstić information content (AvgIpc) is 2.30. The van der Waals surface area contributed by atoms with Crippen LogP contribution in [0.1, 0.15) is 40.7 Å². The first-order valence-corrected chi connectivity index (χ1v) is 6.53. The molecule has 1 saturated carbocycles. The molecule has 1 aliphatic rings. The van der Waals surface area contributed by atoms with Crippen LogP contribution in [0.15, 0.2) is 18.2 Å². The molecule has 4 nitrogen and oxygen atoms in total. The van der Waals surface area contributed by atoms with E-state index in [0.29, 0.717) is 18.4 Å². The third-order valence-corrected chi connectivity index (χ3v) is 4.12. The Balaban J connectivity index is 2.01. The molecule has 0 saturated heterocycles. The zero-order valence-corrected chi connectivity index (χ0v) is 11.3. The molecule has 2 N–H and O–H groups in total. The van der Waals surface area contributed by atoms with Crippen LogP contribution in [-0.2, 0) is 4.79 Å². The van der Waals surface area contributed by atoms with Gasteiger partial charge >= 0.3 is 5.97 Å². The predicted octanol–water partition coefficient (Wildman–Crippen LogP) is 2.29. The zero-order chi connectivity index (χ0) is 14.0. The molecule has 2 rings (SSSR count). The lowest BCUT2D eigenvalue weighted by molar-refractivity contribution is -0.153. The van der Waals surface area contributed by atoms with E-state index in [-0.39, 0.29) is 12.5 Å². The smallest absolute Gasteiger partial charge is 0.311 e. The van der Waals surface area contributed by atoms with Gasteiger partial charge in [-0.25, -0.2) is 0 Å². The Morgan fingerprint density at radius 3 is 2.42 bits per heavy atom. The van der Waals surface area contributed by atoms with Crippen molar-refractivity contribution in [2.75, 3.05) is 6.54 Å². The molecule has 0 unspecified atom stereocenters. The zero-order valence-electron chi connectivity index (χ0n) is 11.3. The molecule has 0 spiro atoms. The van der Waals surface area contributed by atoms with Gasteiger partial charge in [0.25, 0.3) is 5.91 Å². The minimum atomic E-state index is -0.806. The fourth-order valence-electron chi connectivity index (χ4n) is 2.30. The summed E-state index contributed by atoms with van der Waals surface area (Å²) in [5, 5.41) is 11.9. The second kappa shape index (κ2) is 5.03. The minimum absolute atomic E-state index is 0.198. The second-order valence-corrected chi connectivity index (χ2v) is 5.42. The van der Waals surface area contributed by atoms with Gasteiger partial charge in [0, 0.05) is 12.1 Å². The highest BCUT2D eigenvalue weighted by molar-refractivity contribution is 5.94. The summed E-state index contributed by atoms with van der Waals surface area (Å²) in [6.07, 6.45) is 2.22. The number of carbonyl (C=O) groups excluding carboxylic acids is 1. The van der Waals surface area contributed by atoms with E-state index in [4.69, 9.17) is 0 Å². The summed E-state index contributed by atoms with van der Waals surface area (Å²) in [5.74, 6) is -1.00. The standard InChI is InChI=1S/C15H19NO3/c1-10-4-5-12(8-11(10)2)13(17)16-9-15(14(18)19)6-3-7-15/h4-5,8H,3,6-7,9H2,1-2H3,(H,16,17)(H,18,19). The van der Waals surface area contributed by atoms with Gasteiger partial charge in [0.2, 0.25) is 0 Å². The van der Waals surface area contributed by atoms with Gasteiger partial charge in [-0.3, -0.25) is 9.59 Å². The molecule has 0 radical (unpaired) electrons. The van der Waals surface area contributed by atoms with Crippen molar-refractivity contribution in [3.8, 4) is 0 Å². The Kier molecular flexibility index (Phi) is 3.60. The molecule has 1 amide bonds. The number of aliphatic carboxylic acids is 1. The molecule has 1 aromatic carbocycles. The highest BCUT2D eigenvalue weighted by Crippen LogP contribution is 2.40. The molecule has 0 heterocycles. The van der Waals surface area contributed by atoms with Crippen molar-refractivity contribution >= 4 is 11.9 Å². The lowest BCUT2D eigenvalue weighted by Gasteiger charge is -2.37. The van der Waals surface area contributed by atoms with Crippen LogP contribution in [0.25, 0.3) is 0 Å². The van der Waals surface area contributed by atoms with Crippen LogP contribution in [0, 0.1) is 19.3 Å². The number of amides is 1. The van der Waals surface area contributed by atoms with Crippen LogP contribution < -0.4 is 5.32 Å². The number of hydrogen-bond donors (Lipinski definition) is 2. The topological polar surface area (TPSA) is 66.4 Å². The van der Waals surface area contributed by atoms with Crippen molar-refractivity contribution in [3.63, 3.8) is 0 Å². The monoisotopic (exact) mass is 261 g/mol. The van der Waals surface area contributed by atoms with E-state index < -0.39 is 11.4 Å². The Labute approximate surface area is 112 Å². The quantitative estimate of drug-likeness (QED) is 0.874. The lowest BCUT2D eigenvalue weighted by atomic mass is 9.69. The highest BCUT2D eigenvalue weighted by atomic mass is 16.4. The maximum Gasteiger partial charge on any atom is 0.311 e. The van der Waals surface area contributed by atoms with Crippen molar-refractivity contribution in [3.05, 3.63) is 34.9 Å². The van der Waals surface area contributed by atoms with E-state index >= 15 is 0 Å². The van der Waals surface area contributed by atoms with Crippen molar-refractivity contribution in [1.82, 2.24) is 5.32 Å². The van der Waals surface area contributed by atoms with Gasteiger partial charge in [-0.1, -0.05) is 12.5 Å². The normalized spacial score (nSPS) is 16.5. The SMILES string of the molecule is Cc1ccc(C(=O)NCC2(C(=O)O)CCC2)cc1C. The van der Waals surface area contributed by atoms with Crippen LogP contribution in [-0.4, -0.2) is 23.5 Å². The maximum atomic E-state index is 12.0. The summed E-state index contributed by atoms with van der Waals surface area (Å²) >= 11 is 0. The Hall–Kier alpha value is -1.84. The van der Waals surface area contributed by atoms with Gasteiger partial charge in [-0.2, -0.15) is 0 Å². The van der Waals surface area contributed by atoms with Gasteiger partial charge < -0.3 is 10.4 Å². The Bertz CT molecular complexity index is 518. The van der Waals surface area contributed by atoms with E-state index in [1.54, 1.807) is 6.07 Å². The number of carbonyl (C=O) groups is 2. The largest absolute Gasteiger partial charge is 0.481 e. The van der Waals surface area contributed by atoms with Gasteiger partial charge in [-0.15, -0.1) is 0 Å². The van der Waals surface area contributed by atoms with Crippen molar-refractivity contribution in [1.29, 1.82) is 0 Å². The van der Waals surface area contributed by atoms with Gasteiger partial charge in [0.1, 0.15) is 0 Å². The number of benzene rings is 1. The maximum absolute atomic E-state index is 12.0. The number of carboxylic acids is 1. The molecule has 0 aliphatic heterocycles. The number of rotatable bonds is 4. The number of carboxylic acid groups (broad SMARTS) is 1. The first-order chi connectivity index (χ1) is 8.94. The summed E-state index contributed by atoms with van der Waals surface area (Å²) < 4.78 is 0. The number of aryl methyl sites for hydroxylation is 2. The molecule has 102 valence electrons. The molecule has 0 aromatic heterocycles. The Morgan fingerprint density at radius 2 is 1.95 bits per heavy atom. The molecule has 0 atom stereocenters. The molecular formula is C15H19NO3. The van der Waals surface area contributed by atoms with Crippen molar-refractivity contribution in [2.45, 2.75) is 33.1 Å². The Morgan fingerprint density at radius 1 is 1.26 bits per heavy atom. The van der Waals surface area contributed by atoms with Crippen LogP contribution >= 0.6 is 0 Å². The van der Waals surface area contributed by atoms with Crippen LogP contribution in [0.4, 0.5) is 0 Å². The first kappa shape index (κ1) is 13.6. The van der Waals surface area contributed by atoms with Crippen LogP contribution in [0.5, 0.6) is 0 Å². The third kappa shape index (κ3) is 2.62. The van der Waals surface area contributed by atoms with E-state index in [1.807, 2.05) is 26.0 Å². The van der Waals surface area contributed by atoms with E-state index in [9.17, 15) is 14.7 Å². The summed E-state index contributed by atoms with van der Waals surface area (Å²) in [6, 6.07) is 5.51. The fourth-order valence-corrected chi connectivity index (χ4v) is 2.30. The molecule has 1 aliphatic carbocycles. The molecular weight excluding hydrogens is 242 g/mol. The highest BCUT2D eigenvalue weighted by Gasteiger charge is 2.44. The van der Waals surface area contributed by atoms with Gasteiger partial charge in [-0.05, 0) is 49.9 Å². The lowest BCUT2D eigenvalue weighted by Crippen LogP contribution is -2.47. The third-order valence-electron chi connectivity index (χ3n) is 4.12. The first-order valence-electron chi connectivity index (χ1n) is 6.53. The van der Waals surface area contributed by atoms with Crippen molar-refractivity contribution < 1.29 is 14.7 Å². The minimum Gasteiger partial charge on any atom is -0.481 e. The van der Waals surface area contributed by atoms with Gasteiger partial charge in [0.05, 0.1) is 5.41 Å². The van der Waals surface area contributed by atoms with Crippen molar-refractivity contribution in [2.24, 2.45) is 5.41 Å². The predicted molar refractivity (Wildman–Crippen MR) is 72.2 cm³/mol. The summed E-state index contributed by atoms with van der Waals surface area (Å²) in [6.45, 7) is 4.16. The van der Waals surface area contributed by atoms with Crippen LogP contribution in [0.2, 0.25) is 0 Å². The van der Waals surface area contributed by atoms with Gasteiger partial charge in [0.15, 0.2) is 0 Å². The summed E-state index contributed by atoms with van der Waals surface area (Å²) in [5.41, 5.74) is 2.04. The summed E-state index contributed by atoms with van der Waals surface area (Å²) in [7, 11) is 0. The number of hydrogen-bond acceptors (Lipinski definition) is 2. The second-order valence-electron chi connectivity index (χ2n) is 5.42. The van der Waals surface area contributed by atoms with E-state index in [1.165, 1.54) is 0 Å². The van der Waals surface area contributed by atoms with Crippen LogP contribution in [0.3, 0.4) is 0 Å². The van der Waals surface area contributed by atoms with E-state index in [0.717, 1.165) is 17.5 Å². The fraction of sp³-hybridized carbons (Fsp3) is 0.467. The summed E-state index contributed by atoms with van der Waals surface area (Å²) in [4.78, 5) is 23.2. The molecule has 1 aromatic rings. The molecule has 0 bridgehead atoms. The average molecular weight is 261 g/mol. The molecule has 19 heavy (non-hydrogen) atoms. The molecule has 1 fully saturated rings. The van der Waals surface area contributed by atoms with E-state index in [2.05, 4.69) is 5.32 Å². The number of nitrogens with one attached hydrogen (secondary N) is 1. The molecule has 4 heteroatoms.